The van der Waals surface area contributed by atoms with E-state index in [1.54, 1.807) is 4.57 Å². The van der Waals surface area contributed by atoms with E-state index >= 15 is 0 Å². The second-order valence-electron chi connectivity index (χ2n) is 1.59. The summed E-state index contributed by atoms with van der Waals surface area (Å²) in [6.45, 7) is 0. The van der Waals surface area contributed by atoms with Gasteiger partial charge in [-0.15, -0.1) is 0 Å². The molecule has 0 saturated carbocycles. The van der Waals surface area contributed by atoms with Gasteiger partial charge in [0.05, 0.1) is 7.05 Å². The highest BCUT2D eigenvalue weighted by Gasteiger charge is 1.87. The van der Waals surface area contributed by atoms with Crippen molar-refractivity contribution in [3.63, 3.8) is 0 Å². The quantitative estimate of drug-likeness (QED) is 0.400. The van der Waals surface area contributed by atoms with Crippen LogP contribution in [0.4, 0.5) is 0 Å². The fraction of sp³-hybridized carbons (Fsp3) is 0.200. The number of hydrogen-bond donors (Lipinski definition) is 0. The van der Waals surface area contributed by atoms with Crippen molar-refractivity contribution in [1.82, 2.24) is 4.57 Å². The zero-order valence-corrected chi connectivity index (χ0v) is 4.33. The molecule has 0 bridgehead atoms. The third kappa shape index (κ3) is 0.796. The van der Waals surface area contributed by atoms with E-state index in [9.17, 15) is 0 Å². The molecule has 2 heteroatoms. The molecule has 7 heavy (non-hydrogen) atoms. The predicted octanol–water partition coefficient (Wildman–Crippen LogP) is -0.0477. The van der Waals surface area contributed by atoms with E-state index in [4.69, 9.17) is 0 Å². The molecule has 0 aliphatic rings. The van der Waals surface area contributed by atoms with Gasteiger partial charge in [-0.1, -0.05) is 0 Å². The fourth-order valence-corrected chi connectivity index (χ4v) is 0.502. The summed E-state index contributed by atoms with van der Waals surface area (Å²) < 4.78 is 3.69. The van der Waals surface area contributed by atoms with Crippen LogP contribution in [-0.2, 0) is 7.05 Å². The Kier molecular flexibility index (Phi) is 0.855. The number of nitrogens with zero attached hydrogens (tertiary/aromatic N) is 2. The molecule has 1 rings (SSSR count). The molecular weight excluding hydrogens is 88.1 g/mol. The Labute approximate surface area is 43.0 Å². The minimum absolute atomic E-state index is 1.75. The fourth-order valence-electron chi connectivity index (χ4n) is 0.502. The molecule has 1 aromatic heterocycles. The van der Waals surface area contributed by atoms with E-state index in [1.165, 1.54) is 0 Å². The summed E-state index contributed by atoms with van der Waals surface area (Å²) in [5, 5.41) is 0. The zero-order chi connectivity index (χ0) is 5.28. The molecule has 1 heterocycles. The van der Waals surface area contributed by atoms with Gasteiger partial charge in [-0.3, -0.25) is 0 Å². The molecule has 0 aromatic carbocycles. The lowest BCUT2D eigenvalue weighted by atomic mass is 10.9. The van der Waals surface area contributed by atoms with Gasteiger partial charge < -0.3 is 0 Å². The Balaban J connectivity index is 3.04. The van der Waals surface area contributed by atoms with Crippen LogP contribution in [0.25, 0.3) is 0 Å². The molecular formula is C5H8N2+. The highest BCUT2D eigenvalue weighted by atomic mass is 15.1. The van der Waals surface area contributed by atoms with Gasteiger partial charge in [0.15, 0.2) is 0 Å². The summed E-state index contributed by atoms with van der Waals surface area (Å²) >= 11 is 0. The van der Waals surface area contributed by atoms with Gasteiger partial charge in [-0.05, 0) is 0 Å². The molecule has 1 radical (unpaired) electrons. The van der Waals surface area contributed by atoms with Crippen LogP contribution < -0.4 is 4.57 Å². The van der Waals surface area contributed by atoms with Crippen LogP contribution in [0.15, 0.2) is 18.7 Å². The van der Waals surface area contributed by atoms with Gasteiger partial charge in [0.2, 0.25) is 6.33 Å². The van der Waals surface area contributed by atoms with Crippen molar-refractivity contribution in [3.8, 4) is 0 Å². The normalized spacial score (nSPS) is 9.43. The largest absolute Gasteiger partial charge is 0.243 e. The molecule has 0 aliphatic carbocycles. The van der Waals surface area contributed by atoms with E-state index in [1.807, 2.05) is 30.3 Å². The monoisotopic (exact) mass is 96.1 g/mol. The number of aromatic nitrogens is 2. The lowest BCUT2D eigenvalue weighted by Gasteiger charge is -1.72. The molecule has 2 nitrogen and oxygen atoms in total. The van der Waals surface area contributed by atoms with E-state index in [2.05, 4.69) is 7.05 Å². The van der Waals surface area contributed by atoms with Crippen LogP contribution in [0.5, 0.6) is 0 Å². The summed E-state index contributed by atoms with van der Waals surface area (Å²) in [4.78, 5) is 0. The third-order valence-electron chi connectivity index (χ3n) is 0.824. The number of imidazole rings is 1. The van der Waals surface area contributed by atoms with Gasteiger partial charge in [-0.25, -0.2) is 9.13 Å². The first-order chi connectivity index (χ1) is 3.29. The van der Waals surface area contributed by atoms with E-state index in [-0.39, 0.29) is 0 Å². The summed E-state index contributed by atoms with van der Waals surface area (Å²) in [5.74, 6) is 0. The van der Waals surface area contributed by atoms with Crippen molar-refractivity contribution < 1.29 is 4.57 Å². The zero-order valence-electron chi connectivity index (χ0n) is 4.33. The molecule has 0 aliphatic heterocycles. The first-order valence-electron chi connectivity index (χ1n) is 2.13. The van der Waals surface area contributed by atoms with Gasteiger partial charge >= 0.3 is 0 Å². The Hall–Kier alpha value is -0.790. The van der Waals surface area contributed by atoms with Crippen LogP contribution in [0.2, 0.25) is 0 Å². The Morgan fingerprint density at radius 1 is 1.71 bits per heavy atom. The van der Waals surface area contributed by atoms with Crippen molar-refractivity contribution in [2.75, 3.05) is 0 Å². The van der Waals surface area contributed by atoms with Crippen LogP contribution in [0.3, 0.4) is 0 Å². The van der Waals surface area contributed by atoms with Crippen LogP contribution in [0.1, 0.15) is 0 Å². The lowest BCUT2D eigenvalue weighted by molar-refractivity contribution is -0.611. The molecule has 0 spiro atoms. The SMILES string of the molecule is [CH2][n+]1ccn(C)c1. The lowest BCUT2D eigenvalue weighted by Crippen LogP contribution is -2.20. The van der Waals surface area contributed by atoms with Crippen LogP contribution >= 0.6 is 0 Å². The van der Waals surface area contributed by atoms with Crippen molar-refractivity contribution in [2.24, 2.45) is 7.05 Å². The number of aryl methyl sites for hydroxylation is 1. The van der Waals surface area contributed by atoms with Gasteiger partial charge in [0.1, 0.15) is 19.4 Å². The molecule has 0 atom stereocenters. The molecule has 0 N–H and O–H groups in total. The molecule has 0 amide bonds. The summed E-state index contributed by atoms with van der Waals surface area (Å²) in [7, 11) is 5.60. The smallest absolute Gasteiger partial charge is 0.240 e. The summed E-state index contributed by atoms with van der Waals surface area (Å²) in [5.41, 5.74) is 0. The maximum absolute atomic E-state index is 3.64. The maximum Gasteiger partial charge on any atom is 0.243 e. The predicted molar refractivity (Wildman–Crippen MR) is 26.4 cm³/mol. The van der Waals surface area contributed by atoms with E-state index < -0.39 is 0 Å². The Bertz CT molecular complexity index is 138. The van der Waals surface area contributed by atoms with Crippen molar-refractivity contribution in [3.05, 3.63) is 25.8 Å². The van der Waals surface area contributed by atoms with Gasteiger partial charge in [0, 0.05) is 0 Å². The average molecular weight is 96.1 g/mol. The summed E-state index contributed by atoms with van der Waals surface area (Å²) in [6, 6.07) is 0. The van der Waals surface area contributed by atoms with Crippen molar-refractivity contribution in [2.45, 2.75) is 0 Å². The highest BCUT2D eigenvalue weighted by molar-refractivity contribution is 4.61. The minimum atomic E-state index is 1.75. The first-order valence-corrected chi connectivity index (χ1v) is 2.13. The third-order valence-corrected chi connectivity index (χ3v) is 0.824. The number of hydrogen-bond acceptors (Lipinski definition) is 0. The second-order valence-corrected chi connectivity index (χ2v) is 1.59. The van der Waals surface area contributed by atoms with Crippen LogP contribution in [-0.4, -0.2) is 4.57 Å². The highest BCUT2D eigenvalue weighted by Crippen LogP contribution is 1.71. The Morgan fingerprint density at radius 2 is 2.43 bits per heavy atom. The second kappa shape index (κ2) is 1.37. The molecule has 0 unspecified atom stereocenters. The molecule has 1 aromatic rings. The Morgan fingerprint density at radius 3 is 2.57 bits per heavy atom. The minimum Gasteiger partial charge on any atom is -0.240 e. The maximum atomic E-state index is 3.64. The van der Waals surface area contributed by atoms with Crippen molar-refractivity contribution in [1.29, 1.82) is 0 Å². The molecule has 37 valence electrons. The van der Waals surface area contributed by atoms with Crippen molar-refractivity contribution >= 4 is 0 Å². The topological polar surface area (TPSA) is 8.81 Å². The van der Waals surface area contributed by atoms with E-state index in [0.29, 0.717) is 0 Å². The molecule has 0 saturated heterocycles. The first kappa shape index (κ1) is 4.37. The standard InChI is InChI=1S/C5H8N2/c1-6-3-4-7(2)5-6/h3-5H,1H2,2H3/q+1. The van der Waals surface area contributed by atoms with E-state index in [0.717, 1.165) is 0 Å². The summed E-state index contributed by atoms with van der Waals surface area (Å²) in [6.07, 6.45) is 5.72. The van der Waals surface area contributed by atoms with Gasteiger partial charge in [0.25, 0.3) is 0 Å². The average Bonchev–Trinajstić information content (AvgIpc) is 1.87. The number of rotatable bonds is 0. The van der Waals surface area contributed by atoms with Crippen LogP contribution in [0, 0.1) is 7.05 Å². The van der Waals surface area contributed by atoms with Gasteiger partial charge in [-0.2, -0.15) is 0 Å². The molecule has 0 fully saturated rings.